The molecule has 0 fully saturated rings. The average molecular weight is 785 g/mol. The summed E-state index contributed by atoms with van der Waals surface area (Å²) in [6.45, 7) is 8.04. The van der Waals surface area contributed by atoms with Crippen molar-refractivity contribution >= 4 is 37.3 Å². The maximum atomic E-state index is 16.5. The predicted molar refractivity (Wildman–Crippen MR) is 195 cm³/mol. The molecule has 0 saturated heterocycles. The summed E-state index contributed by atoms with van der Waals surface area (Å²) in [6, 6.07) is 13.4. The second kappa shape index (κ2) is 17.2. The van der Waals surface area contributed by atoms with Gasteiger partial charge in [-0.15, -0.1) is 13.2 Å². The molecule has 9 nitrogen and oxygen atoms in total. The molecule has 2 atom stereocenters. The van der Waals surface area contributed by atoms with Gasteiger partial charge in [0.25, 0.3) is 11.8 Å². The van der Waals surface area contributed by atoms with Gasteiger partial charge in [0.2, 0.25) is 0 Å². The molecule has 2 N–H and O–H groups in total. The van der Waals surface area contributed by atoms with Crippen molar-refractivity contribution in [3.63, 3.8) is 0 Å². The van der Waals surface area contributed by atoms with Crippen LogP contribution in [0.15, 0.2) is 108 Å². The van der Waals surface area contributed by atoms with Crippen molar-refractivity contribution in [3.05, 3.63) is 155 Å². The number of amides is 2. The lowest BCUT2D eigenvalue weighted by atomic mass is 9.82. The molecule has 4 aromatic carbocycles. The molecule has 0 spiro atoms. The van der Waals surface area contributed by atoms with Crippen LogP contribution in [0.4, 0.5) is 17.6 Å². The highest BCUT2D eigenvalue weighted by molar-refractivity contribution is 7.92. The number of rotatable bonds is 16. The summed E-state index contributed by atoms with van der Waals surface area (Å²) in [5, 5.41) is 4.93. The smallest absolute Gasteiger partial charge is 0.251 e. The van der Waals surface area contributed by atoms with Crippen molar-refractivity contribution in [2.24, 2.45) is 0 Å². The molecule has 0 aliphatic rings. The Morgan fingerprint density at radius 1 is 0.593 bits per heavy atom. The van der Waals surface area contributed by atoms with Crippen LogP contribution in [-0.4, -0.2) is 59.0 Å². The molecule has 15 heteroatoms. The molecule has 0 aliphatic carbocycles. The summed E-state index contributed by atoms with van der Waals surface area (Å²) in [5.41, 5.74) is -1.16. The lowest BCUT2D eigenvalue weighted by molar-refractivity contribution is -0.121. The number of aryl methyl sites for hydroxylation is 2. The van der Waals surface area contributed by atoms with Crippen molar-refractivity contribution < 1.29 is 48.8 Å². The SMILES string of the molecule is C=CCS(=O)(=O)c1c(C)ccc(C(CNC(=O)c2ccc(F)cc2)C(=O)C(CNC(=O)c2ccc(F)cc2)c2ccc(C)c(S(=O)(=O)CC=C)c2F)c1F. The number of halogens is 4. The van der Waals surface area contributed by atoms with Gasteiger partial charge >= 0.3 is 0 Å². The van der Waals surface area contributed by atoms with E-state index < -0.39 is 118 Å². The minimum atomic E-state index is -4.34. The normalized spacial score (nSPS) is 12.7. The number of hydrogen-bond donors (Lipinski definition) is 2. The highest BCUT2D eigenvalue weighted by Crippen LogP contribution is 2.35. The fraction of sp³-hybridized carbons (Fsp3) is 0.205. The van der Waals surface area contributed by atoms with Crippen LogP contribution >= 0.6 is 0 Å². The number of ketones is 1. The van der Waals surface area contributed by atoms with E-state index in [2.05, 4.69) is 23.8 Å². The third-order valence-electron chi connectivity index (χ3n) is 8.53. The van der Waals surface area contributed by atoms with Crippen LogP contribution in [0, 0.1) is 37.1 Å². The van der Waals surface area contributed by atoms with Crippen LogP contribution in [0.25, 0.3) is 0 Å². The van der Waals surface area contributed by atoms with Crippen LogP contribution in [0.3, 0.4) is 0 Å². The summed E-state index contributed by atoms with van der Waals surface area (Å²) in [5.74, 6) is -11.6. The molecule has 4 rings (SSSR count). The van der Waals surface area contributed by atoms with Gasteiger partial charge in [0.15, 0.2) is 25.5 Å². The topological polar surface area (TPSA) is 144 Å². The molecule has 54 heavy (non-hydrogen) atoms. The van der Waals surface area contributed by atoms with Crippen LogP contribution < -0.4 is 10.6 Å². The molecule has 0 heterocycles. The van der Waals surface area contributed by atoms with E-state index in [1.54, 1.807) is 0 Å². The van der Waals surface area contributed by atoms with Crippen LogP contribution in [0.1, 0.15) is 54.8 Å². The van der Waals surface area contributed by atoms with Crippen LogP contribution in [0.5, 0.6) is 0 Å². The van der Waals surface area contributed by atoms with E-state index in [0.29, 0.717) is 0 Å². The summed E-state index contributed by atoms with van der Waals surface area (Å²) in [6.07, 6.45) is 2.09. The molecule has 4 aromatic rings. The first kappa shape index (κ1) is 41.3. The second-order valence-corrected chi connectivity index (χ2v) is 16.3. The number of hydrogen-bond acceptors (Lipinski definition) is 7. The van der Waals surface area contributed by atoms with E-state index in [9.17, 15) is 40.0 Å². The Kier molecular flexibility index (Phi) is 13.1. The second-order valence-electron chi connectivity index (χ2n) is 12.3. The van der Waals surface area contributed by atoms with Gasteiger partial charge in [-0.25, -0.2) is 34.4 Å². The predicted octanol–water partition coefficient (Wildman–Crippen LogP) is 6.08. The molecular weight excluding hydrogens is 749 g/mol. The van der Waals surface area contributed by atoms with Crippen molar-refractivity contribution in [2.75, 3.05) is 24.6 Å². The lowest BCUT2D eigenvalue weighted by Gasteiger charge is -2.26. The molecule has 0 saturated carbocycles. The van der Waals surface area contributed by atoms with Crippen molar-refractivity contribution in [1.29, 1.82) is 0 Å². The Morgan fingerprint density at radius 2 is 0.926 bits per heavy atom. The summed E-state index contributed by atoms with van der Waals surface area (Å²) in [7, 11) is -8.69. The fourth-order valence-corrected chi connectivity index (χ4v) is 8.73. The Bertz CT molecular complexity index is 2170. The number of carbonyl (C=O) groups is 3. The third-order valence-corrected chi connectivity index (χ3v) is 12.1. The van der Waals surface area contributed by atoms with Gasteiger partial charge in [0.1, 0.15) is 33.1 Å². The molecule has 284 valence electrons. The van der Waals surface area contributed by atoms with E-state index in [1.807, 2.05) is 0 Å². The molecular formula is C39H36F4N2O7S2. The Hall–Kier alpha value is -5.41. The zero-order chi connectivity index (χ0) is 40.0. The molecule has 2 unspecified atom stereocenters. The van der Waals surface area contributed by atoms with Crippen LogP contribution in [0.2, 0.25) is 0 Å². The highest BCUT2D eigenvalue weighted by Gasteiger charge is 2.37. The van der Waals surface area contributed by atoms with Gasteiger partial charge in [-0.3, -0.25) is 14.4 Å². The first-order valence-corrected chi connectivity index (χ1v) is 19.6. The minimum Gasteiger partial charge on any atom is -0.351 e. The van der Waals surface area contributed by atoms with Crippen LogP contribution in [-0.2, 0) is 24.5 Å². The van der Waals surface area contributed by atoms with Crippen molar-refractivity contribution in [3.8, 4) is 0 Å². The summed E-state index contributed by atoms with van der Waals surface area (Å²) < 4.78 is 113. The number of benzene rings is 4. The minimum absolute atomic E-state index is 0.00981. The molecule has 0 aliphatic heterocycles. The average Bonchev–Trinajstić information content (AvgIpc) is 3.10. The van der Waals surface area contributed by atoms with E-state index in [0.717, 1.165) is 72.8 Å². The Labute approximate surface area is 310 Å². The van der Waals surface area contributed by atoms with Gasteiger partial charge in [-0.05, 0) is 73.5 Å². The number of carbonyl (C=O) groups excluding carboxylic acids is 3. The van der Waals surface area contributed by atoms with E-state index >= 15 is 8.78 Å². The van der Waals surface area contributed by atoms with Gasteiger partial charge in [-0.1, -0.05) is 36.4 Å². The first-order valence-electron chi connectivity index (χ1n) is 16.3. The number of nitrogens with one attached hydrogen (secondary N) is 2. The molecule has 2 amide bonds. The number of Topliss-reactive ketones (excluding diaryl/α,β-unsaturated/α-hetero) is 1. The van der Waals surface area contributed by atoms with Gasteiger partial charge in [0, 0.05) is 35.3 Å². The van der Waals surface area contributed by atoms with Gasteiger partial charge in [-0.2, -0.15) is 0 Å². The lowest BCUT2D eigenvalue weighted by Crippen LogP contribution is -2.38. The van der Waals surface area contributed by atoms with E-state index in [1.165, 1.54) is 26.0 Å². The quantitative estimate of drug-likeness (QED) is 0.104. The maximum Gasteiger partial charge on any atom is 0.251 e. The third kappa shape index (κ3) is 9.20. The highest BCUT2D eigenvalue weighted by atomic mass is 32.2. The van der Waals surface area contributed by atoms with Gasteiger partial charge < -0.3 is 10.6 Å². The Morgan fingerprint density at radius 3 is 1.24 bits per heavy atom. The summed E-state index contributed by atoms with van der Waals surface area (Å²) in [4.78, 5) is 39.6. The van der Waals surface area contributed by atoms with Crippen molar-refractivity contribution in [2.45, 2.75) is 35.5 Å². The summed E-state index contributed by atoms with van der Waals surface area (Å²) >= 11 is 0. The zero-order valence-electron chi connectivity index (χ0n) is 29.2. The molecule has 0 radical (unpaired) electrons. The largest absolute Gasteiger partial charge is 0.351 e. The first-order chi connectivity index (χ1) is 25.4. The standard InChI is InChI=1S/C39H36F4N2O7S2/c1-5-19-53(49,50)36-23(3)7-17-29(33(36)42)31(21-44-38(47)25-9-13-27(40)14-10-25)35(46)32(22-45-39(48)26-11-15-28(41)16-12-26)30-18-8-24(4)37(34(30)43)54(51,52)20-6-2/h5-18,31-32H,1-2,19-22H2,3-4H3,(H,44,47)(H,45,48). The molecule has 0 bridgehead atoms. The van der Waals surface area contributed by atoms with E-state index in [4.69, 9.17) is 0 Å². The monoisotopic (exact) mass is 784 g/mol. The van der Waals surface area contributed by atoms with E-state index in [-0.39, 0.29) is 22.3 Å². The maximum absolute atomic E-state index is 16.5. The van der Waals surface area contributed by atoms with Crippen molar-refractivity contribution in [1.82, 2.24) is 10.6 Å². The fourth-order valence-electron chi connectivity index (χ4n) is 5.88. The zero-order valence-corrected chi connectivity index (χ0v) is 30.8. The van der Waals surface area contributed by atoms with Gasteiger partial charge in [0.05, 0.1) is 23.3 Å². The molecule has 0 aromatic heterocycles. The Balaban J connectivity index is 1.92. The number of sulfone groups is 2.